The summed E-state index contributed by atoms with van der Waals surface area (Å²) in [4.78, 5) is 31.6. The lowest BCUT2D eigenvalue weighted by molar-refractivity contribution is -0.154. The van der Waals surface area contributed by atoms with Gasteiger partial charge in [0, 0.05) is 39.0 Å². The van der Waals surface area contributed by atoms with Crippen molar-refractivity contribution in [2.45, 2.75) is 90.3 Å². The summed E-state index contributed by atoms with van der Waals surface area (Å²) < 4.78 is 56.6. The zero-order valence-corrected chi connectivity index (χ0v) is 30.9. The molecule has 0 spiro atoms. The molecule has 1 saturated carbocycles. The molecule has 13 heteroatoms. The van der Waals surface area contributed by atoms with Crippen molar-refractivity contribution >= 4 is 11.7 Å². The molecule has 4 heterocycles. The Labute approximate surface area is 310 Å². The van der Waals surface area contributed by atoms with Crippen molar-refractivity contribution in [1.82, 2.24) is 24.8 Å². The second kappa shape index (κ2) is 18.4. The molecular formula is C40H53F3N6O4. The fourth-order valence-corrected chi connectivity index (χ4v) is 7.12. The molecule has 288 valence electrons. The average molecular weight is 739 g/mol. The number of likely N-dealkylation sites (tertiary alicyclic amines) is 1. The molecule has 0 radical (unpaired) electrons. The molecule has 4 aliphatic rings. The monoisotopic (exact) mass is 738 g/mol. The van der Waals surface area contributed by atoms with E-state index < -0.39 is 18.8 Å². The number of fused-ring (bicyclic) bond motifs is 11. The number of rotatable bonds is 11. The van der Waals surface area contributed by atoms with E-state index in [1.807, 2.05) is 42.5 Å². The summed E-state index contributed by atoms with van der Waals surface area (Å²) in [5.41, 5.74) is 2.46. The molecule has 7 rings (SSSR count). The highest BCUT2D eigenvalue weighted by molar-refractivity contribution is 5.98. The SMILES string of the molecule is CCCCN1CCCOc2ccc(cc2)CNc2nc(nc(OCC(F)(F)F)n2)Cc2ccc(C(=O)CCC3(CN4CCCC4)CC3)c(c2)OCCC1. The number of hydrogen-bond donors (Lipinski definition) is 1. The van der Waals surface area contributed by atoms with E-state index in [2.05, 4.69) is 37.0 Å². The second-order valence-electron chi connectivity index (χ2n) is 14.8. The lowest BCUT2D eigenvalue weighted by Crippen LogP contribution is -2.29. The highest BCUT2D eigenvalue weighted by Gasteiger charge is 2.44. The van der Waals surface area contributed by atoms with E-state index in [9.17, 15) is 18.0 Å². The van der Waals surface area contributed by atoms with Crippen LogP contribution in [-0.4, -0.2) is 95.8 Å². The Morgan fingerprint density at radius 1 is 0.906 bits per heavy atom. The van der Waals surface area contributed by atoms with Gasteiger partial charge in [0.05, 0.1) is 18.8 Å². The minimum Gasteiger partial charge on any atom is -0.494 e. The van der Waals surface area contributed by atoms with Gasteiger partial charge in [-0.2, -0.15) is 28.1 Å². The maximum atomic E-state index is 13.8. The van der Waals surface area contributed by atoms with Gasteiger partial charge < -0.3 is 29.3 Å². The molecule has 0 amide bonds. The van der Waals surface area contributed by atoms with E-state index in [0.29, 0.717) is 37.5 Å². The number of carbonyl (C=O) groups is 1. The van der Waals surface area contributed by atoms with Crippen LogP contribution in [0.3, 0.4) is 0 Å². The molecule has 1 N–H and O–H groups in total. The number of nitrogens with one attached hydrogen (secondary N) is 1. The van der Waals surface area contributed by atoms with Gasteiger partial charge in [-0.3, -0.25) is 4.79 Å². The number of ether oxygens (including phenoxy) is 3. The van der Waals surface area contributed by atoms with Gasteiger partial charge in [0.2, 0.25) is 5.95 Å². The number of anilines is 1. The molecule has 1 aliphatic carbocycles. The highest BCUT2D eigenvalue weighted by Crippen LogP contribution is 2.50. The van der Waals surface area contributed by atoms with Crippen LogP contribution in [0.4, 0.5) is 19.1 Å². The highest BCUT2D eigenvalue weighted by atomic mass is 19.4. The molecule has 0 unspecified atom stereocenters. The van der Waals surface area contributed by atoms with Crippen molar-refractivity contribution in [3.63, 3.8) is 0 Å². The molecule has 2 aromatic carbocycles. The summed E-state index contributed by atoms with van der Waals surface area (Å²) in [5.74, 6) is 1.65. The predicted octanol–water partition coefficient (Wildman–Crippen LogP) is 7.51. The molecule has 1 saturated heterocycles. The first-order valence-corrected chi connectivity index (χ1v) is 19.3. The van der Waals surface area contributed by atoms with Gasteiger partial charge in [-0.05, 0) is 112 Å². The molecule has 1 aromatic heterocycles. The van der Waals surface area contributed by atoms with Crippen molar-refractivity contribution in [2.75, 3.05) is 64.4 Å². The van der Waals surface area contributed by atoms with E-state index in [1.165, 1.54) is 25.7 Å². The zero-order chi connectivity index (χ0) is 37.1. The molecular weight excluding hydrogens is 685 g/mol. The van der Waals surface area contributed by atoms with E-state index in [4.69, 9.17) is 14.2 Å². The molecule has 3 aromatic rings. The van der Waals surface area contributed by atoms with E-state index in [0.717, 1.165) is 88.2 Å². The summed E-state index contributed by atoms with van der Waals surface area (Å²) in [6.07, 6.45) is 5.68. The number of alkyl halides is 3. The number of hydrogen-bond acceptors (Lipinski definition) is 10. The van der Waals surface area contributed by atoms with Gasteiger partial charge in [0.25, 0.3) is 0 Å². The van der Waals surface area contributed by atoms with Gasteiger partial charge in [-0.25, -0.2) is 0 Å². The first kappa shape index (κ1) is 38.7. The Balaban J connectivity index is 1.23. The number of Topliss-reactive ketones (excluding diaryl/α,β-unsaturated/α-hetero) is 1. The number of carbonyl (C=O) groups excluding carboxylic acids is 1. The normalized spacial score (nSPS) is 18.6. The Morgan fingerprint density at radius 2 is 1.62 bits per heavy atom. The lowest BCUT2D eigenvalue weighted by Gasteiger charge is -2.23. The standard InChI is InChI=1S/C40H53F3N6O4/c1-2-3-18-48-21-6-23-51-32-11-8-30(9-12-32)27-44-37-45-36(46-38(47-37)53-29-40(41,42)43)26-31-10-13-33(35(25-31)52-24-7-22-48)34(50)14-15-39(16-17-39)28-49-19-4-5-20-49/h8-13,25H,2-7,14-24,26-29H2,1H3,(H,44,45,46,47). The topological polar surface area (TPSA) is 102 Å². The Bertz CT molecular complexity index is 1630. The summed E-state index contributed by atoms with van der Waals surface area (Å²) in [6, 6.07) is 12.7. The largest absolute Gasteiger partial charge is 0.494 e. The molecule has 3 aliphatic heterocycles. The smallest absolute Gasteiger partial charge is 0.422 e. The van der Waals surface area contributed by atoms with Crippen LogP contribution in [-0.2, 0) is 13.0 Å². The Hall–Kier alpha value is -3.97. The van der Waals surface area contributed by atoms with Crippen molar-refractivity contribution in [1.29, 1.82) is 0 Å². The average Bonchev–Trinajstić information content (AvgIpc) is 3.71. The van der Waals surface area contributed by atoms with Crippen LogP contribution in [0.1, 0.15) is 98.4 Å². The Kier molecular flexibility index (Phi) is 13.4. The number of ketones is 1. The van der Waals surface area contributed by atoms with Gasteiger partial charge in [0.15, 0.2) is 12.4 Å². The quantitative estimate of drug-likeness (QED) is 0.199. The van der Waals surface area contributed by atoms with Crippen LogP contribution in [0.2, 0.25) is 0 Å². The fourth-order valence-electron chi connectivity index (χ4n) is 7.12. The van der Waals surface area contributed by atoms with Crippen LogP contribution >= 0.6 is 0 Å². The van der Waals surface area contributed by atoms with Gasteiger partial charge in [0.1, 0.15) is 17.3 Å². The lowest BCUT2D eigenvalue weighted by atomic mass is 9.94. The van der Waals surface area contributed by atoms with Crippen molar-refractivity contribution in [2.24, 2.45) is 5.41 Å². The fraction of sp³-hybridized carbons (Fsp3) is 0.600. The van der Waals surface area contributed by atoms with Gasteiger partial charge >= 0.3 is 12.2 Å². The third-order valence-electron chi connectivity index (χ3n) is 10.3. The summed E-state index contributed by atoms with van der Waals surface area (Å²) in [6.45, 7) is 8.17. The van der Waals surface area contributed by atoms with E-state index in [-0.39, 0.29) is 29.4 Å². The predicted molar refractivity (Wildman–Crippen MR) is 197 cm³/mol. The maximum absolute atomic E-state index is 13.8. The van der Waals surface area contributed by atoms with Crippen LogP contribution < -0.4 is 19.5 Å². The number of unbranched alkanes of at least 4 members (excludes halogenated alkanes) is 1. The van der Waals surface area contributed by atoms with Crippen molar-refractivity contribution in [3.8, 4) is 17.5 Å². The van der Waals surface area contributed by atoms with Gasteiger partial charge in [-0.1, -0.05) is 31.5 Å². The summed E-state index contributed by atoms with van der Waals surface area (Å²) >= 11 is 0. The van der Waals surface area contributed by atoms with Gasteiger partial charge in [-0.15, -0.1) is 0 Å². The first-order valence-electron chi connectivity index (χ1n) is 19.3. The zero-order valence-electron chi connectivity index (χ0n) is 30.9. The van der Waals surface area contributed by atoms with E-state index in [1.54, 1.807) is 0 Å². The number of aromatic nitrogens is 3. The van der Waals surface area contributed by atoms with Crippen LogP contribution in [0.25, 0.3) is 0 Å². The minimum atomic E-state index is -4.56. The third-order valence-corrected chi connectivity index (χ3v) is 10.3. The third kappa shape index (κ3) is 12.3. The van der Waals surface area contributed by atoms with Crippen molar-refractivity contribution < 1.29 is 32.2 Å². The maximum Gasteiger partial charge on any atom is 0.422 e. The van der Waals surface area contributed by atoms with Crippen LogP contribution in [0.5, 0.6) is 17.5 Å². The van der Waals surface area contributed by atoms with E-state index >= 15 is 0 Å². The van der Waals surface area contributed by atoms with Crippen LogP contribution in [0, 0.1) is 5.41 Å². The number of benzene rings is 2. The minimum absolute atomic E-state index is 0.0625. The summed E-state index contributed by atoms with van der Waals surface area (Å²) in [7, 11) is 0. The Morgan fingerprint density at radius 3 is 2.34 bits per heavy atom. The molecule has 2 fully saturated rings. The summed E-state index contributed by atoms with van der Waals surface area (Å²) in [5, 5.41) is 3.10. The molecule has 6 bridgehead atoms. The number of halogens is 3. The van der Waals surface area contributed by atoms with Crippen LogP contribution in [0.15, 0.2) is 42.5 Å². The molecule has 0 atom stereocenters. The first-order chi connectivity index (χ1) is 25.6. The number of nitrogens with zero attached hydrogens (tertiary/aromatic N) is 5. The molecule has 10 nitrogen and oxygen atoms in total. The molecule has 53 heavy (non-hydrogen) atoms. The second-order valence-corrected chi connectivity index (χ2v) is 14.8. The van der Waals surface area contributed by atoms with Crippen molar-refractivity contribution in [3.05, 3.63) is 65.0 Å².